The number of carbonyl (C=O) groups excluding carboxylic acids is 3. The first-order chi connectivity index (χ1) is 35.5. The van der Waals surface area contributed by atoms with E-state index >= 15 is 0 Å². The van der Waals surface area contributed by atoms with Crippen molar-refractivity contribution in [1.82, 2.24) is 0 Å². The molecule has 6 heteroatoms. The van der Waals surface area contributed by atoms with E-state index in [4.69, 9.17) is 14.2 Å². The number of allylic oxidation sites excluding steroid dienone is 12. The van der Waals surface area contributed by atoms with Crippen LogP contribution in [0.4, 0.5) is 0 Å². The Morgan fingerprint density at radius 1 is 0.292 bits per heavy atom. The molecule has 1 unspecified atom stereocenters. The van der Waals surface area contributed by atoms with Crippen LogP contribution in [0.1, 0.15) is 310 Å². The molecule has 0 spiro atoms. The fourth-order valence-electron chi connectivity index (χ4n) is 8.86. The molecule has 0 aromatic rings. The number of esters is 3. The topological polar surface area (TPSA) is 78.9 Å². The fraction of sp³-hybridized carbons (Fsp3) is 0.773. The molecule has 6 nitrogen and oxygen atoms in total. The molecule has 0 N–H and O–H groups in total. The van der Waals surface area contributed by atoms with E-state index in [0.29, 0.717) is 19.3 Å². The van der Waals surface area contributed by atoms with Crippen LogP contribution in [0.3, 0.4) is 0 Å². The number of hydrogen-bond donors (Lipinski definition) is 0. The molecule has 416 valence electrons. The second-order valence-corrected chi connectivity index (χ2v) is 20.6. The van der Waals surface area contributed by atoms with Gasteiger partial charge in [-0.05, 0) is 70.6 Å². The number of rotatable bonds is 56. The quantitative estimate of drug-likeness (QED) is 0.0261. The van der Waals surface area contributed by atoms with Crippen LogP contribution in [0.15, 0.2) is 72.9 Å². The first-order valence-corrected chi connectivity index (χ1v) is 30.9. The summed E-state index contributed by atoms with van der Waals surface area (Å²) in [6, 6.07) is 0. The first kappa shape index (κ1) is 68.8. The largest absolute Gasteiger partial charge is 0.462 e. The summed E-state index contributed by atoms with van der Waals surface area (Å²) in [6.07, 6.45) is 77.7. The summed E-state index contributed by atoms with van der Waals surface area (Å²) < 4.78 is 16.8. The molecule has 0 aliphatic heterocycles. The molecule has 0 heterocycles. The maximum atomic E-state index is 12.8. The Morgan fingerprint density at radius 2 is 0.542 bits per heavy atom. The Balaban J connectivity index is 4.11. The Hall–Kier alpha value is -3.15. The highest BCUT2D eigenvalue weighted by Crippen LogP contribution is 2.17. The molecule has 0 amide bonds. The van der Waals surface area contributed by atoms with E-state index in [0.717, 1.165) is 96.3 Å². The number of hydrogen-bond acceptors (Lipinski definition) is 6. The third-order valence-electron chi connectivity index (χ3n) is 13.5. The van der Waals surface area contributed by atoms with Gasteiger partial charge in [-0.25, -0.2) is 0 Å². The summed E-state index contributed by atoms with van der Waals surface area (Å²) in [4.78, 5) is 38.1. The van der Waals surface area contributed by atoms with Gasteiger partial charge in [-0.1, -0.05) is 293 Å². The lowest BCUT2D eigenvalue weighted by Crippen LogP contribution is -2.30. The van der Waals surface area contributed by atoms with E-state index in [1.165, 1.54) is 173 Å². The summed E-state index contributed by atoms with van der Waals surface area (Å²) in [5, 5.41) is 0. The van der Waals surface area contributed by atoms with E-state index < -0.39 is 6.10 Å². The van der Waals surface area contributed by atoms with Gasteiger partial charge in [-0.15, -0.1) is 0 Å². The van der Waals surface area contributed by atoms with E-state index in [9.17, 15) is 14.4 Å². The number of unbranched alkanes of at least 4 members (excludes halogenated alkanes) is 33. The average Bonchev–Trinajstić information content (AvgIpc) is 3.38. The zero-order valence-corrected chi connectivity index (χ0v) is 47.7. The molecule has 0 fully saturated rings. The van der Waals surface area contributed by atoms with Gasteiger partial charge in [0.25, 0.3) is 0 Å². The van der Waals surface area contributed by atoms with Crippen molar-refractivity contribution < 1.29 is 28.6 Å². The van der Waals surface area contributed by atoms with Gasteiger partial charge >= 0.3 is 17.9 Å². The van der Waals surface area contributed by atoms with Gasteiger partial charge in [0.2, 0.25) is 0 Å². The lowest BCUT2D eigenvalue weighted by molar-refractivity contribution is -0.167. The molecule has 0 saturated heterocycles. The summed E-state index contributed by atoms with van der Waals surface area (Å²) in [5.41, 5.74) is 0. The lowest BCUT2D eigenvalue weighted by Gasteiger charge is -2.18. The molecule has 0 radical (unpaired) electrons. The third-order valence-corrected chi connectivity index (χ3v) is 13.5. The minimum absolute atomic E-state index is 0.0703. The van der Waals surface area contributed by atoms with Gasteiger partial charge in [-0.2, -0.15) is 0 Å². The zero-order valence-electron chi connectivity index (χ0n) is 47.7. The Labute approximate surface area is 446 Å². The van der Waals surface area contributed by atoms with Crippen molar-refractivity contribution in [1.29, 1.82) is 0 Å². The molecular formula is C66H116O6. The van der Waals surface area contributed by atoms with Crippen LogP contribution in [-0.4, -0.2) is 37.2 Å². The molecule has 0 saturated carbocycles. The Bertz CT molecular complexity index is 1340. The molecule has 0 bridgehead atoms. The molecule has 0 aromatic carbocycles. The maximum absolute atomic E-state index is 12.8. The Kier molecular flexibility index (Phi) is 57.8. The molecule has 72 heavy (non-hydrogen) atoms. The smallest absolute Gasteiger partial charge is 0.306 e. The standard InChI is InChI=1S/C66H116O6/c1-4-7-10-13-16-19-21-23-25-26-27-28-29-30-31-32-33-34-35-36-37-38-39-40-41-43-44-47-50-53-56-59-65(68)71-62-63(61-70-64(67)58-55-52-49-46-18-15-12-9-6-3)72-66(69)60-57-54-51-48-45-42-24-22-20-17-14-11-8-5-2/h7,10,16,19,23,25,27-28,30-31,33-34,63H,4-6,8-9,11-15,17-18,20-22,24,26,29,32,35-62H2,1-3H3/b10-7-,19-16-,25-23-,28-27-,31-30-,34-33-. The predicted octanol–water partition coefficient (Wildman–Crippen LogP) is 20.9. The highest BCUT2D eigenvalue weighted by molar-refractivity contribution is 5.71. The summed E-state index contributed by atoms with van der Waals surface area (Å²) in [7, 11) is 0. The highest BCUT2D eigenvalue weighted by atomic mass is 16.6. The molecule has 0 aliphatic carbocycles. The fourth-order valence-corrected chi connectivity index (χ4v) is 8.86. The van der Waals surface area contributed by atoms with E-state index in [2.05, 4.69) is 93.7 Å². The molecule has 0 aliphatic rings. The van der Waals surface area contributed by atoms with Crippen molar-refractivity contribution in [2.75, 3.05) is 13.2 Å². The van der Waals surface area contributed by atoms with Crippen molar-refractivity contribution in [3.8, 4) is 0 Å². The molecule has 0 rings (SSSR count). The second kappa shape index (κ2) is 60.4. The van der Waals surface area contributed by atoms with Crippen LogP contribution < -0.4 is 0 Å². The molecular weight excluding hydrogens is 889 g/mol. The Morgan fingerprint density at radius 3 is 0.847 bits per heavy atom. The average molecular weight is 1010 g/mol. The van der Waals surface area contributed by atoms with Gasteiger partial charge < -0.3 is 14.2 Å². The number of carbonyl (C=O) groups is 3. The van der Waals surface area contributed by atoms with E-state index in [1.54, 1.807) is 0 Å². The normalized spacial score (nSPS) is 12.5. The van der Waals surface area contributed by atoms with Crippen molar-refractivity contribution in [2.24, 2.45) is 0 Å². The summed E-state index contributed by atoms with van der Waals surface area (Å²) >= 11 is 0. The number of ether oxygens (including phenoxy) is 3. The first-order valence-electron chi connectivity index (χ1n) is 30.9. The monoisotopic (exact) mass is 1000 g/mol. The zero-order chi connectivity index (χ0) is 52.2. The summed E-state index contributed by atoms with van der Waals surface area (Å²) in [6.45, 7) is 6.53. The van der Waals surface area contributed by atoms with Gasteiger partial charge in [0, 0.05) is 19.3 Å². The summed E-state index contributed by atoms with van der Waals surface area (Å²) in [5.74, 6) is -0.861. The van der Waals surface area contributed by atoms with Crippen LogP contribution in [-0.2, 0) is 28.6 Å². The highest BCUT2D eigenvalue weighted by Gasteiger charge is 2.19. The van der Waals surface area contributed by atoms with Gasteiger partial charge in [-0.3, -0.25) is 14.4 Å². The second-order valence-electron chi connectivity index (χ2n) is 20.6. The van der Waals surface area contributed by atoms with Crippen LogP contribution in [0.5, 0.6) is 0 Å². The van der Waals surface area contributed by atoms with Gasteiger partial charge in [0.1, 0.15) is 13.2 Å². The van der Waals surface area contributed by atoms with Gasteiger partial charge in [0.15, 0.2) is 6.10 Å². The minimum atomic E-state index is -0.770. The molecule has 1 atom stereocenters. The minimum Gasteiger partial charge on any atom is -0.462 e. The van der Waals surface area contributed by atoms with Crippen LogP contribution in [0.25, 0.3) is 0 Å². The van der Waals surface area contributed by atoms with Crippen molar-refractivity contribution in [3.63, 3.8) is 0 Å². The SMILES string of the molecule is CC/C=C\C/C=C\C/C=C\C/C=C\C/C=C\C/C=C\CCCCCCCCCCCCCCC(=O)OCC(COC(=O)CCCCCCCCCCC)OC(=O)CCCCCCCCCCCCCCCC. The maximum Gasteiger partial charge on any atom is 0.306 e. The van der Waals surface area contributed by atoms with Crippen molar-refractivity contribution in [3.05, 3.63) is 72.9 Å². The van der Waals surface area contributed by atoms with Crippen LogP contribution in [0, 0.1) is 0 Å². The van der Waals surface area contributed by atoms with Gasteiger partial charge in [0.05, 0.1) is 0 Å². The van der Waals surface area contributed by atoms with Crippen molar-refractivity contribution in [2.45, 2.75) is 316 Å². The van der Waals surface area contributed by atoms with Crippen molar-refractivity contribution >= 4 is 17.9 Å². The van der Waals surface area contributed by atoms with E-state index in [1.807, 2.05) is 0 Å². The molecule has 0 aromatic heterocycles. The third kappa shape index (κ3) is 57.7. The van der Waals surface area contributed by atoms with Crippen LogP contribution in [0.2, 0.25) is 0 Å². The van der Waals surface area contributed by atoms with Crippen LogP contribution >= 0.6 is 0 Å². The van der Waals surface area contributed by atoms with E-state index in [-0.39, 0.29) is 31.1 Å². The predicted molar refractivity (Wildman–Crippen MR) is 311 cm³/mol. The lowest BCUT2D eigenvalue weighted by atomic mass is 10.0.